The molecule has 0 aliphatic rings. The van der Waals surface area contributed by atoms with Crippen LogP contribution in [0.2, 0.25) is 0 Å². The Labute approximate surface area is 166 Å². The van der Waals surface area contributed by atoms with E-state index in [9.17, 15) is 14.3 Å². The van der Waals surface area contributed by atoms with E-state index in [1.54, 1.807) is 19.4 Å². The Morgan fingerprint density at radius 2 is 2.07 bits per heavy atom. The fourth-order valence-electron chi connectivity index (χ4n) is 2.61. The summed E-state index contributed by atoms with van der Waals surface area (Å²) in [5.74, 6) is 0.203. The van der Waals surface area contributed by atoms with Crippen molar-refractivity contribution in [3.05, 3.63) is 71.8 Å². The summed E-state index contributed by atoms with van der Waals surface area (Å²) >= 11 is 1.25. The molecule has 0 radical (unpaired) electrons. The minimum absolute atomic E-state index is 0.112. The van der Waals surface area contributed by atoms with Gasteiger partial charge >= 0.3 is 0 Å². The standard InChI is InChI=1S/C20H20FN3O3S/c1-27-18-7-5-14(6-8-18)11-24-17(12-25)10-22-20(24)28-13-19(26)23-16-4-2-3-15(21)9-16/h2-10,25H,11-13H2,1H3,(H,23,26). The van der Waals surface area contributed by atoms with Gasteiger partial charge in [-0.2, -0.15) is 0 Å². The van der Waals surface area contributed by atoms with E-state index >= 15 is 0 Å². The van der Waals surface area contributed by atoms with Crippen molar-refractivity contribution >= 4 is 23.4 Å². The Morgan fingerprint density at radius 1 is 1.29 bits per heavy atom. The first kappa shape index (κ1) is 19.9. The molecule has 0 fully saturated rings. The molecule has 0 bridgehead atoms. The van der Waals surface area contributed by atoms with Crippen LogP contribution in [0.1, 0.15) is 11.3 Å². The quantitative estimate of drug-likeness (QED) is 0.567. The zero-order chi connectivity index (χ0) is 19.9. The van der Waals surface area contributed by atoms with E-state index in [4.69, 9.17) is 4.74 Å². The summed E-state index contributed by atoms with van der Waals surface area (Å²) in [6.45, 7) is 0.354. The number of nitrogens with zero attached hydrogens (tertiary/aromatic N) is 2. The second-order valence-corrected chi connectivity index (χ2v) is 6.91. The van der Waals surface area contributed by atoms with Crippen molar-refractivity contribution in [3.63, 3.8) is 0 Å². The van der Waals surface area contributed by atoms with Crippen LogP contribution in [0.25, 0.3) is 0 Å². The Morgan fingerprint density at radius 3 is 2.75 bits per heavy atom. The van der Waals surface area contributed by atoms with Crippen molar-refractivity contribution < 1.29 is 19.0 Å². The monoisotopic (exact) mass is 401 g/mol. The van der Waals surface area contributed by atoms with Crippen LogP contribution in [0.4, 0.5) is 10.1 Å². The molecule has 0 unspecified atom stereocenters. The van der Waals surface area contributed by atoms with Gasteiger partial charge in [0.05, 0.1) is 31.4 Å². The lowest BCUT2D eigenvalue weighted by molar-refractivity contribution is -0.113. The largest absolute Gasteiger partial charge is 0.497 e. The number of anilines is 1. The molecule has 146 valence electrons. The summed E-state index contributed by atoms with van der Waals surface area (Å²) in [5.41, 5.74) is 2.08. The third-order valence-electron chi connectivity index (χ3n) is 4.00. The van der Waals surface area contributed by atoms with Gasteiger partial charge in [-0.25, -0.2) is 9.37 Å². The molecular weight excluding hydrogens is 381 g/mol. The Hall–Kier alpha value is -2.84. The van der Waals surface area contributed by atoms with Gasteiger partial charge in [0.25, 0.3) is 0 Å². The number of imidazole rings is 1. The van der Waals surface area contributed by atoms with Crippen LogP contribution < -0.4 is 10.1 Å². The normalized spacial score (nSPS) is 10.7. The van der Waals surface area contributed by atoms with E-state index in [0.29, 0.717) is 23.1 Å². The molecule has 1 heterocycles. The lowest BCUT2D eigenvalue weighted by Gasteiger charge is -2.11. The van der Waals surface area contributed by atoms with Crippen LogP contribution in [0.15, 0.2) is 59.9 Å². The summed E-state index contributed by atoms with van der Waals surface area (Å²) in [6, 6.07) is 13.3. The van der Waals surface area contributed by atoms with Gasteiger partial charge in [-0.05, 0) is 35.9 Å². The maximum atomic E-state index is 13.2. The fourth-order valence-corrected chi connectivity index (χ4v) is 3.41. The molecule has 2 aromatic carbocycles. The molecule has 3 rings (SSSR count). The highest BCUT2D eigenvalue weighted by atomic mass is 32.2. The first-order valence-corrected chi connectivity index (χ1v) is 9.54. The highest BCUT2D eigenvalue weighted by Crippen LogP contribution is 2.22. The van der Waals surface area contributed by atoms with Crippen LogP contribution in [0.3, 0.4) is 0 Å². The minimum Gasteiger partial charge on any atom is -0.497 e. The number of carbonyl (C=O) groups excluding carboxylic acids is 1. The SMILES string of the molecule is COc1ccc(Cn2c(CO)cnc2SCC(=O)Nc2cccc(F)c2)cc1. The first-order valence-electron chi connectivity index (χ1n) is 8.55. The van der Waals surface area contributed by atoms with Gasteiger partial charge in [0.15, 0.2) is 5.16 Å². The summed E-state index contributed by atoms with van der Waals surface area (Å²) in [6.07, 6.45) is 1.59. The van der Waals surface area contributed by atoms with E-state index in [1.807, 2.05) is 28.8 Å². The van der Waals surface area contributed by atoms with Crippen molar-refractivity contribution in [1.82, 2.24) is 9.55 Å². The van der Waals surface area contributed by atoms with E-state index < -0.39 is 5.82 Å². The predicted molar refractivity (Wildman–Crippen MR) is 106 cm³/mol. The van der Waals surface area contributed by atoms with Crippen LogP contribution >= 0.6 is 11.8 Å². The zero-order valence-corrected chi connectivity index (χ0v) is 16.1. The van der Waals surface area contributed by atoms with Gasteiger partial charge in [0.1, 0.15) is 11.6 Å². The number of nitrogens with one attached hydrogen (secondary N) is 1. The number of benzene rings is 2. The number of methoxy groups -OCH3 is 1. The molecule has 2 N–H and O–H groups in total. The molecule has 0 atom stereocenters. The van der Waals surface area contributed by atoms with Gasteiger partial charge in [-0.15, -0.1) is 0 Å². The van der Waals surface area contributed by atoms with Gasteiger partial charge < -0.3 is 19.7 Å². The van der Waals surface area contributed by atoms with Crippen molar-refractivity contribution in [2.75, 3.05) is 18.2 Å². The first-order chi connectivity index (χ1) is 13.6. The summed E-state index contributed by atoms with van der Waals surface area (Å²) in [7, 11) is 1.61. The summed E-state index contributed by atoms with van der Waals surface area (Å²) < 4.78 is 20.2. The number of thioether (sulfide) groups is 1. The molecule has 0 aliphatic carbocycles. The molecule has 28 heavy (non-hydrogen) atoms. The minimum atomic E-state index is -0.409. The van der Waals surface area contributed by atoms with Gasteiger partial charge in [0.2, 0.25) is 5.91 Å². The highest BCUT2D eigenvalue weighted by Gasteiger charge is 2.13. The second kappa shape index (κ2) is 9.38. The van der Waals surface area contributed by atoms with Gasteiger partial charge in [-0.3, -0.25) is 4.79 Å². The van der Waals surface area contributed by atoms with Gasteiger partial charge in [-0.1, -0.05) is 30.0 Å². The zero-order valence-electron chi connectivity index (χ0n) is 15.3. The number of aliphatic hydroxyl groups excluding tert-OH is 1. The van der Waals surface area contributed by atoms with Crippen LogP contribution in [0.5, 0.6) is 5.75 Å². The maximum absolute atomic E-state index is 13.2. The maximum Gasteiger partial charge on any atom is 0.234 e. The van der Waals surface area contributed by atoms with E-state index in [0.717, 1.165) is 11.3 Å². The van der Waals surface area contributed by atoms with Crippen LogP contribution in [-0.4, -0.2) is 33.4 Å². The third kappa shape index (κ3) is 5.11. The average molecular weight is 401 g/mol. The number of ether oxygens (including phenoxy) is 1. The molecule has 0 aliphatic heterocycles. The van der Waals surface area contributed by atoms with E-state index in [1.165, 1.54) is 30.0 Å². The van der Waals surface area contributed by atoms with E-state index in [-0.39, 0.29) is 18.3 Å². The topological polar surface area (TPSA) is 76.4 Å². The fraction of sp³-hybridized carbons (Fsp3) is 0.200. The smallest absolute Gasteiger partial charge is 0.234 e. The lowest BCUT2D eigenvalue weighted by atomic mass is 10.2. The number of hydrogen-bond donors (Lipinski definition) is 2. The number of halogens is 1. The van der Waals surface area contributed by atoms with Crippen molar-refractivity contribution in [2.45, 2.75) is 18.3 Å². The van der Waals surface area contributed by atoms with Crippen molar-refractivity contribution in [3.8, 4) is 5.75 Å². The molecule has 8 heteroatoms. The number of hydrogen-bond acceptors (Lipinski definition) is 5. The number of rotatable bonds is 8. The molecule has 3 aromatic rings. The third-order valence-corrected chi connectivity index (χ3v) is 4.99. The summed E-state index contributed by atoms with van der Waals surface area (Å²) in [4.78, 5) is 16.5. The molecular formula is C20H20FN3O3S. The van der Waals surface area contributed by atoms with Gasteiger partial charge in [0, 0.05) is 12.2 Å². The Kier molecular flexibility index (Phi) is 6.67. The van der Waals surface area contributed by atoms with Crippen LogP contribution in [0, 0.1) is 5.82 Å². The number of carbonyl (C=O) groups is 1. The number of amides is 1. The molecule has 0 spiro atoms. The number of aliphatic hydroxyl groups is 1. The molecule has 1 aromatic heterocycles. The predicted octanol–water partition coefficient (Wildman–Crippen LogP) is 3.30. The highest BCUT2D eigenvalue weighted by molar-refractivity contribution is 7.99. The number of aromatic nitrogens is 2. The average Bonchev–Trinajstić information content (AvgIpc) is 3.08. The summed E-state index contributed by atoms with van der Waals surface area (Å²) in [5, 5.41) is 12.9. The van der Waals surface area contributed by atoms with E-state index in [2.05, 4.69) is 10.3 Å². The Bertz CT molecular complexity index is 944. The Balaban J connectivity index is 1.66. The molecule has 0 saturated carbocycles. The van der Waals surface area contributed by atoms with Crippen molar-refractivity contribution in [2.24, 2.45) is 0 Å². The van der Waals surface area contributed by atoms with Crippen molar-refractivity contribution in [1.29, 1.82) is 0 Å². The molecule has 1 amide bonds. The molecule has 0 saturated heterocycles. The molecule has 6 nitrogen and oxygen atoms in total. The van der Waals surface area contributed by atoms with Crippen LogP contribution in [-0.2, 0) is 17.9 Å². The lowest BCUT2D eigenvalue weighted by Crippen LogP contribution is -2.15. The second-order valence-electron chi connectivity index (χ2n) is 5.97.